The normalized spacial score (nSPS) is 25.1. The molecule has 5 atom stereocenters. The SMILES string of the molecule is C=CCOc1c(C)c2c(c3c1CC1C4c5c(cc(C)c(OC)c5O)C[C@@H]([C@H](C#N)N1C3CN1C(=O)c3ccccc3C1=O)N4C)OCO2. The van der Waals surface area contributed by atoms with Gasteiger partial charge in [0, 0.05) is 40.9 Å². The lowest BCUT2D eigenvalue weighted by Gasteiger charge is -2.60. The number of hydrogen-bond donors (Lipinski definition) is 1. The molecule has 8 rings (SSSR count). The molecule has 48 heavy (non-hydrogen) atoms. The zero-order valence-corrected chi connectivity index (χ0v) is 27.3. The third kappa shape index (κ3) is 3.99. The monoisotopic (exact) mass is 648 g/mol. The summed E-state index contributed by atoms with van der Waals surface area (Å²) in [6.07, 6.45) is 2.64. The Bertz CT molecular complexity index is 1930. The number of rotatable bonds is 6. The van der Waals surface area contributed by atoms with E-state index >= 15 is 0 Å². The summed E-state index contributed by atoms with van der Waals surface area (Å²) >= 11 is 0. The number of aromatic hydroxyl groups is 1. The Morgan fingerprint density at radius 3 is 2.44 bits per heavy atom. The number of benzene rings is 3. The fourth-order valence-corrected chi connectivity index (χ4v) is 8.92. The fraction of sp³-hybridized carbons (Fsp3) is 0.378. The molecular formula is C37H36N4O7. The smallest absolute Gasteiger partial charge is 0.261 e. The minimum atomic E-state index is -0.650. The summed E-state index contributed by atoms with van der Waals surface area (Å²) in [6, 6.07) is 9.26. The maximum absolute atomic E-state index is 13.8. The first-order valence-corrected chi connectivity index (χ1v) is 16.1. The van der Waals surface area contributed by atoms with Gasteiger partial charge >= 0.3 is 0 Å². The summed E-state index contributed by atoms with van der Waals surface area (Å²) < 4.78 is 24.2. The van der Waals surface area contributed by atoms with Crippen molar-refractivity contribution in [1.29, 1.82) is 5.26 Å². The van der Waals surface area contributed by atoms with Crippen LogP contribution in [0.25, 0.3) is 0 Å². The molecule has 1 fully saturated rings. The summed E-state index contributed by atoms with van der Waals surface area (Å²) in [7, 11) is 3.55. The van der Waals surface area contributed by atoms with Crippen molar-refractivity contribution in [1.82, 2.24) is 14.7 Å². The molecular weight excluding hydrogens is 612 g/mol. The highest BCUT2D eigenvalue weighted by Crippen LogP contribution is 2.58. The largest absolute Gasteiger partial charge is 0.504 e. The second-order valence-electron chi connectivity index (χ2n) is 13.1. The van der Waals surface area contributed by atoms with Gasteiger partial charge in [0.2, 0.25) is 6.79 Å². The van der Waals surface area contributed by atoms with Gasteiger partial charge in [0.05, 0.1) is 36.4 Å². The van der Waals surface area contributed by atoms with Crippen molar-refractivity contribution in [2.24, 2.45) is 0 Å². The second kappa shape index (κ2) is 11.0. The van der Waals surface area contributed by atoms with Crippen molar-refractivity contribution in [3.05, 3.63) is 87.5 Å². The summed E-state index contributed by atoms with van der Waals surface area (Å²) in [5.41, 5.74) is 5.65. The predicted molar refractivity (Wildman–Crippen MR) is 174 cm³/mol. The van der Waals surface area contributed by atoms with Gasteiger partial charge in [0.15, 0.2) is 23.0 Å². The molecule has 246 valence electrons. The van der Waals surface area contributed by atoms with Gasteiger partial charge in [-0.2, -0.15) is 5.26 Å². The van der Waals surface area contributed by atoms with E-state index in [2.05, 4.69) is 28.5 Å². The van der Waals surface area contributed by atoms with Crippen LogP contribution >= 0.6 is 0 Å². The summed E-state index contributed by atoms with van der Waals surface area (Å²) in [5, 5.41) is 22.7. The van der Waals surface area contributed by atoms with E-state index in [9.17, 15) is 20.0 Å². The van der Waals surface area contributed by atoms with Crippen LogP contribution in [0.3, 0.4) is 0 Å². The average Bonchev–Trinajstić information content (AvgIpc) is 3.65. The zero-order valence-electron chi connectivity index (χ0n) is 27.3. The van der Waals surface area contributed by atoms with Crippen molar-refractivity contribution in [2.75, 3.05) is 34.1 Å². The molecule has 2 bridgehead atoms. The molecule has 3 unspecified atom stereocenters. The summed E-state index contributed by atoms with van der Waals surface area (Å²) in [5.74, 6) is 1.46. The Morgan fingerprint density at radius 1 is 1.06 bits per heavy atom. The van der Waals surface area contributed by atoms with Crippen molar-refractivity contribution in [3.63, 3.8) is 0 Å². The molecule has 0 radical (unpaired) electrons. The molecule has 0 spiro atoms. The van der Waals surface area contributed by atoms with Crippen LogP contribution in [0.4, 0.5) is 0 Å². The number of amides is 2. The first-order chi connectivity index (χ1) is 23.2. The van der Waals surface area contributed by atoms with Crippen molar-refractivity contribution in [2.45, 2.75) is 56.9 Å². The summed E-state index contributed by atoms with van der Waals surface area (Å²) in [6.45, 7) is 7.92. The highest BCUT2D eigenvalue weighted by atomic mass is 16.7. The van der Waals surface area contributed by atoms with Gasteiger partial charge in [0.1, 0.15) is 18.4 Å². The van der Waals surface area contributed by atoms with E-state index in [0.717, 1.165) is 33.4 Å². The highest BCUT2D eigenvalue weighted by Gasteiger charge is 2.57. The molecule has 1 N–H and O–H groups in total. The van der Waals surface area contributed by atoms with Crippen LogP contribution in [0.1, 0.15) is 66.2 Å². The van der Waals surface area contributed by atoms with E-state index < -0.39 is 12.1 Å². The number of fused-ring (bicyclic) bond motifs is 10. The Kier molecular flexibility index (Phi) is 6.95. The Hall–Kier alpha value is -5.05. The van der Waals surface area contributed by atoms with Crippen LogP contribution in [-0.4, -0.2) is 83.8 Å². The quantitative estimate of drug-likeness (QED) is 0.304. The Labute approximate surface area is 278 Å². The number of likely N-dealkylation sites (N-methyl/N-ethyl adjacent to an activating group) is 1. The van der Waals surface area contributed by atoms with Gasteiger partial charge in [-0.15, -0.1) is 0 Å². The molecule has 5 aliphatic rings. The van der Waals surface area contributed by atoms with Crippen LogP contribution in [0, 0.1) is 25.2 Å². The van der Waals surface area contributed by atoms with Gasteiger partial charge < -0.3 is 24.1 Å². The first kappa shape index (κ1) is 30.3. The molecule has 11 nitrogen and oxygen atoms in total. The first-order valence-electron chi connectivity index (χ1n) is 16.1. The lowest BCUT2D eigenvalue weighted by atomic mass is 9.71. The number of aryl methyl sites for hydroxylation is 1. The molecule has 3 aromatic carbocycles. The summed E-state index contributed by atoms with van der Waals surface area (Å²) in [4.78, 5) is 33.3. The van der Waals surface area contributed by atoms with Crippen LogP contribution in [0.5, 0.6) is 28.7 Å². The average molecular weight is 649 g/mol. The number of nitrogens with zero attached hydrogens (tertiary/aromatic N) is 4. The predicted octanol–water partition coefficient (Wildman–Crippen LogP) is 4.38. The number of imide groups is 1. The molecule has 5 heterocycles. The minimum absolute atomic E-state index is 0.00670. The number of ether oxygens (including phenoxy) is 4. The third-order valence-electron chi connectivity index (χ3n) is 10.8. The molecule has 2 amide bonds. The Balaban J connectivity index is 1.37. The number of methoxy groups -OCH3 is 1. The Morgan fingerprint density at radius 2 is 1.77 bits per heavy atom. The van der Waals surface area contributed by atoms with E-state index in [1.807, 2.05) is 20.9 Å². The minimum Gasteiger partial charge on any atom is -0.504 e. The van der Waals surface area contributed by atoms with E-state index in [1.54, 1.807) is 37.5 Å². The van der Waals surface area contributed by atoms with Crippen molar-refractivity contribution < 1.29 is 33.6 Å². The molecule has 11 heteroatoms. The maximum atomic E-state index is 13.8. The third-order valence-corrected chi connectivity index (χ3v) is 10.8. The van der Waals surface area contributed by atoms with Gasteiger partial charge in [0.25, 0.3) is 11.8 Å². The topological polar surface area (TPSA) is 125 Å². The number of nitriles is 1. The van der Waals surface area contributed by atoms with Gasteiger partial charge in [-0.1, -0.05) is 30.9 Å². The van der Waals surface area contributed by atoms with E-state index in [-0.39, 0.29) is 55.6 Å². The number of phenolic OH excluding ortho intramolecular Hbond substituents is 1. The molecule has 5 aliphatic heterocycles. The van der Waals surface area contributed by atoms with Gasteiger partial charge in [-0.3, -0.25) is 24.3 Å². The van der Waals surface area contributed by atoms with E-state index in [0.29, 0.717) is 47.0 Å². The van der Waals surface area contributed by atoms with Crippen LogP contribution in [0.15, 0.2) is 43.0 Å². The van der Waals surface area contributed by atoms with Crippen LogP contribution in [0.2, 0.25) is 0 Å². The van der Waals surface area contributed by atoms with E-state index in [4.69, 9.17) is 18.9 Å². The highest BCUT2D eigenvalue weighted by molar-refractivity contribution is 6.21. The lowest BCUT2D eigenvalue weighted by molar-refractivity contribution is -0.0758. The van der Waals surface area contributed by atoms with Gasteiger partial charge in [-0.05, 0) is 57.0 Å². The van der Waals surface area contributed by atoms with Crippen LogP contribution in [-0.2, 0) is 12.8 Å². The number of hydrogen-bond acceptors (Lipinski definition) is 10. The molecule has 3 aromatic rings. The van der Waals surface area contributed by atoms with E-state index in [1.165, 1.54) is 4.90 Å². The molecule has 0 aliphatic carbocycles. The zero-order chi connectivity index (χ0) is 33.6. The lowest BCUT2D eigenvalue weighted by Crippen LogP contribution is -2.68. The van der Waals surface area contributed by atoms with Gasteiger partial charge in [-0.25, -0.2) is 0 Å². The second-order valence-corrected chi connectivity index (χ2v) is 13.1. The maximum Gasteiger partial charge on any atom is 0.261 e. The number of piperazine rings is 1. The van der Waals surface area contributed by atoms with Crippen LogP contribution < -0.4 is 18.9 Å². The molecule has 1 saturated heterocycles. The number of phenols is 1. The molecule has 0 saturated carbocycles. The number of carbonyl (C=O) groups is 2. The van der Waals surface area contributed by atoms with Crippen molar-refractivity contribution in [3.8, 4) is 34.8 Å². The van der Waals surface area contributed by atoms with Crippen molar-refractivity contribution >= 4 is 11.8 Å². The number of carbonyl (C=O) groups excluding carboxylic acids is 2. The molecule has 0 aromatic heterocycles. The fourth-order valence-electron chi connectivity index (χ4n) is 8.92. The standard InChI is InChI=1S/C37H36N4O7/c1-6-11-46-33-19(3)34-35(48-17-47-34)29-23(33)14-25-30-28-20(12-18(2)32(45-5)31(28)42)13-24(39(30)4)26(15-38)41(25)27(29)16-40-36(43)21-9-7-8-10-22(21)37(40)44/h6-10,12,24-27,30,42H,1,11,13-14,16-17H2,2-5H3/t24-,25?,26-,27?,30?/m0/s1.